The van der Waals surface area contributed by atoms with Gasteiger partial charge in [0, 0.05) is 47.5 Å². The highest BCUT2D eigenvalue weighted by molar-refractivity contribution is 8.22. The van der Waals surface area contributed by atoms with Crippen molar-refractivity contribution in [3.63, 3.8) is 0 Å². The minimum absolute atomic E-state index is 0.185. The molecular formula is C25H29ClN4O3S. The number of benzene rings is 1. The molecular weight excluding hydrogens is 472 g/mol. The molecule has 2 fully saturated rings. The van der Waals surface area contributed by atoms with Crippen molar-refractivity contribution in [1.29, 1.82) is 0 Å². The van der Waals surface area contributed by atoms with Crippen molar-refractivity contribution in [2.45, 2.75) is 50.6 Å². The number of halogens is 1. The summed E-state index contributed by atoms with van der Waals surface area (Å²) in [5.41, 5.74) is 3.88. The number of pyridine rings is 1. The van der Waals surface area contributed by atoms with E-state index in [4.69, 9.17) is 11.6 Å². The molecule has 1 amide bonds. The van der Waals surface area contributed by atoms with Crippen LogP contribution in [-0.4, -0.2) is 47.7 Å². The first kappa shape index (κ1) is 22.4. The molecule has 1 saturated carbocycles. The van der Waals surface area contributed by atoms with E-state index in [0.717, 1.165) is 73.0 Å². The predicted molar refractivity (Wildman–Crippen MR) is 136 cm³/mol. The largest absolute Gasteiger partial charge is 0.343 e. The molecule has 0 atom stereocenters. The van der Waals surface area contributed by atoms with Crippen LogP contribution in [0.15, 0.2) is 42.7 Å². The van der Waals surface area contributed by atoms with Gasteiger partial charge in [-0.3, -0.25) is 18.9 Å². The van der Waals surface area contributed by atoms with Crippen LogP contribution in [0.3, 0.4) is 0 Å². The Hall–Kier alpha value is -2.10. The maximum Gasteiger partial charge on any atom is 0.238 e. The van der Waals surface area contributed by atoms with Gasteiger partial charge in [-0.15, -0.1) is 10.8 Å². The molecule has 1 saturated heterocycles. The third-order valence-electron chi connectivity index (χ3n) is 7.56. The average Bonchev–Trinajstić information content (AvgIpc) is 3.39. The number of hydrogen-bond donors (Lipinski definition) is 2. The molecule has 9 heteroatoms. The van der Waals surface area contributed by atoms with E-state index in [9.17, 15) is 13.9 Å². The number of unbranched alkanes of at least 4 members (excludes halogenated alkanes) is 1. The summed E-state index contributed by atoms with van der Waals surface area (Å²) in [5, 5.41) is 1.76. The number of hydrogen-bond acceptors (Lipinski definition) is 5. The molecule has 2 N–H and O–H groups in total. The molecule has 34 heavy (non-hydrogen) atoms. The molecule has 1 aliphatic carbocycles. The van der Waals surface area contributed by atoms with Crippen LogP contribution in [-0.2, 0) is 23.3 Å². The maximum atomic E-state index is 13.4. The van der Waals surface area contributed by atoms with E-state index in [2.05, 4.69) is 15.6 Å². The molecule has 7 nitrogen and oxygen atoms in total. The topological polar surface area (TPSA) is 81.8 Å². The Morgan fingerprint density at radius 2 is 1.94 bits per heavy atom. The Kier molecular flexibility index (Phi) is 5.42. The maximum absolute atomic E-state index is 13.4. The number of carbonyl (C=O) groups is 1. The summed E-state index contributed by atoms with van der Waals surface area (Å²) < 4.78 is 24.5. The van der Waals surface area contributed by atoms with E-state index >= 15 is 0 Å². The Morgan fingerprint density at radius 3 is 2.71 bits per heavy atom. The number of anilines is 1. The number of aromatic nitrogens is 2. The molecule has 1 aromatic carbocycles. The number of aryl methyl sites for hydroxylation is 1. The van der Waals surface area contributed by atoms with E-state index in [0.29, 0.717) is 23.9 Å². The Labute approximate surface area is 205 Å². The van der Waals surface area contributed by atoms with Crippen molar-refractivity contribution in [3.8, 4) is 0 Å². The number of rotatable bonds is 7. The van der Waals surface area contributed by atoms with Gasteiger partial charge < -0.3 is 9.47 Å². The monoisotopic (exact) mass is 500 g/mol. The van der Waals surface area contributed by atoms with Gasteiger partial charge >= 0.3 is 0 Å². The van der Waals surface area contributed by atoms with E-state index in [1.54, 1.807) is 6.20 Å². The van der Waals surface area contributed by atoms with Crippen LogP contribution in [0.1, 0.15) is 43.4 Å². The van der Waals surface area contributed by atoms with E-state index in [-0.39, 0.29) is 11.3 Å². The minimum atomic E-state index is -2.56. The summed E-state index contributed by atoms with van der Waals surface area (Å²) in [7, 11) is -2.56. The molecule has 0 radical (unpaired) electrons. The lowest BCUT2D eigenvalue weighted by molar-refractivity contribution is -0.120. The summed E-state index contributed by atoms with van der Waals surface area (Å²) in [5.74, 6) is 0.673. The number of carbonyl (C=O) groups excluding carboxylic acids is 1. The van der Waals surface area contributed by atoms with Gasteiger partial charge in [-0.1, -0.05) is 11.6 Å². The molecule has 1 spiro atoms. The molecule has 4 heterocycles. The summed E-state index contributed by atoms with van der Waals surface area (Å²) in [6, 6.07) is 10.1. The zero-order chi connectivity index (χ0) is 23.5. The van der Waals surface area contributed by atoms with Crippen LogP contribution in [0, 0.1) is 0 Å². The van der Waals surface area contributed by atoms with Gasteiger partial charge in [-0.25, -0.2) is 4.31 Å². The minimum Gasteiger partial charge on any atom is -0.343 e. The SMILES string of the molecule is O=C1N(Cc2cc3cc(Cl)ccc3n2CCCCN2CCCS2(O)O)c2cnccc2C12CC2. The first-order valence-corrected chi connectivity index (χ1v) is 14.0. The Bertz CT molecular complexity index is 1270. The van der Waals surface area contributed by atoms with Crippen molar-refractivity contribution in [3.05, 3.63) is 59.0 Å². The lowest BCUT2D eigenvalue weighted by atomic mass is 9.99. The van der Waals surface area contributed by atoms with Crippen molar-refractivity contribution in [1.82, 2.24) is 13.9 Å². The third-order valence-corrected chi connectivity index (χ3v) is 9.82. The van der Waals surface area contributed by atoms with Crippen molar-refractivity contribution < 1.29 is 13.9 Å². The fourth-order valence-corrected chi connectivity index (χ4v) is 7.43. The summed E-state index contributed by atoms with van der Waals surface area (Å²) in [6.45, 7) is 2.73. The first-order chi connectivity index (χ1) is 16.4. The molecule has 0 bridgehead atoms. The van der Waals surface area contributed by atoms with Gasteiger partial charge in [-0.05, 0) is 68.0 Å². The predicted octanol–water partition coefficient (Wildman–Crippen LogP) is 5.42. The van der Waals surface area contributed by atoms with E-state index < -0.39 is 10.8 Å². The second kappa shape index (κ2) is 8.24. The summed E-state index contributed by atoms with van der Waals surface area (Å²) in [4.78, 5) is 19.6. The third kappa shape index (κ3) is 3.63. The molecule has 6 rings (SSSR count). The first-order valence-electron chi connectivity index (χ1n) is 11.9. The van der Waals surface area contributed by atoms with Gasteiger partial charge in [0.05, 0.1) is 29.6 Å². The van der Waals surface area contributed by atoms with Crippen molar-refractivity contribution in [2.75, 3.05) is 23.7 Å². The van der Waals surface area contributed by atoms with Crippen LogP contribution in [0.2, 0.25) is 5.02 Å². The van der Waals surface area contributed by atoms with Crippen LogP contribution >= 0.6 is 22.4 Å². The molecule has 2 aromatic heterocycles. The highest BCUT2D eigenvalue weighted by Gasteiger charge is 2.59. The van der Waals surface area contributed by atoms with Gasteiger partial charge in [0.25, 0.3) is 0 Å². The highest BCUT2D eigenvalue weighted by Crippen LogP contribution is 2.57. The summed E-state index contributed by atoms with van der Waals surface area (Å²) in [6.07, 6.45) is 8.05. The average molecular weight is 501 g/mol. The van der Waals surface area contributed by atoms with E-state index in [1.807, 2.05) is 39.7 Å². The molecule has 0 unspecified atom stereocenters. The highest BCUT2D eigenvalue weighted by atomic mass is 35.5. The molecule has 180 valence electrons. The Balaban J connectivity index is 1.25. The molecule has 3 aromatic rings. The van der Waals surface area contributed by atoms with E-state index in [1.165, 1.54) is 0 Å². The fourth-order valence-electron chi connectivity index (χ4n) is 5.64. The fraction of sp³-hybridized carbons (Fsp3) is 0.440. The quantitative estimate of drug-likeness (QED) is 0.423. The second-order valence-corrected chi connectivity index (χ2v) is 12.3. The standard InChI is InChI=1S/C25H29ClN4O3S/c26-19-4-5-22-18(14-19)15-20(29(22)12-2-1-10-28-11-3-13-34(28,32)33)17-30-23-16-27-9-6-21(23)25(7-8-25)24(30)31/h4-6,9,14-16,32-33H,1-3,7-8,10-13,17H2. The number of amides is 1. The Morgan fingerprint density at radius 1 is 1.12 bits per heavy atom. The van der Waals surface area contributed by atoms with Gasteiger partial charge in [0.15, 0.2) is 0 Å². The summed E-state index contributed by atoms with van der Waals surface area (Å²) >= 11 is 6.28. The smallest absolute Gasteiger partial charge is 0.238 e. The second-order valence-electron chi connectivity index (χ2n) is 9.68. The molecule has 3 aliphatic rings. The molecule has 2 aliphatic heterocycles. The lowest BCUT2D eigenvalue weighted by Gasteiger charge is -2.36. The number of fused-ring (bicyclic) bond motifs is 3. The van der Waals surface area contributed by atoms with Gasteiger partial charge in [-0.2, -0.15) is 0 Å². The van der Waals surface area contributed by atoms with Crippen LogP contribution in [0.25, 0.3) is 10.9 Å². The van der Waals surface area contributed by atoms with Crippen LogP contribution in [0.5, 0.6) is 0 Å². The zero-order valence-electron chi connectivity index (χ0n) is 19.0. The van der Waals surface area contributed by atoms with Crippen molar-refractivity contribution in [2.24, 2.45) is 0 Å². The van der Waals surface area contributed by atoms with Gasteiger partial charge in [0.2, 0.25) is 5.91 Å². The van der Waals surface area contributed by atoms with Gasteiger partial charge in [0.1, 0.15) is 0 Å². The van der Waals surface area contributed by atoms with Crippen LogP contribution in [0.4, 0.5) is 5.69 Å². The normalized spacial score (nSPS) is 21.5. The van der Waals surface area contributed by atoms with Crippen molar-refractivity contribution >= 4 is 44.9 Å². The lowest BCUT2D eigenvalue weighted by Crippen LogP contribution is -2.32. The van der Waals surface area contributed by atoms with Crippen LogP contribution < -0.4 is 4.90 Å². The number of nitrogens with zero attached hydrogens (tertiary/aromatic N) is 4. The zero-order valence-corrected chi connectivity index (χ0v) is 20.6.